The van der Waals surface area contributed by atoms with Gasteiger partial charge < -0.3 is 0 Å². The monoisotopic (exact) mass is 524 g/mol. The van der Waals surface area contributed by atoms with Crippen molar-refractivity contribution in [2.24, 2.45) is 0 Å². The predicted molar refractivity (Wildman–Crippen MR) is 182 cm³/mol. The molecule has 11 aromatic rings. The molecule has 0 unspecified atom stereocenters. The zero-order valence-electron chi connectivity index (χ0n) is 22.5. The lowest BCUT2D eigenvalue weighted by Gasteiger charge is -2.14. The third kappa shape index (κ3) is 2.05. The first-order valence-electron chi connectivity index (χ1n) is 14.9. The molecule has 0 aromatic heterocycles. The summed E-state index contributed by atoms with van der Waals surface area (Å²) in [5.74, 6) is 0. The average Bonchev–Trinajstić information content (AvgIpc) is 3.66. The molecule has 11 aromatic carbocycles. The van der Waals surface area contributed by atoms with E-state index in [-0.39, 0.29) is 0 Å². The highest BCUT2D eigenvalue weighted by molar-refractivity contribution is 6.44. The molecule has 188 valence electrons. The highest BCUT2D eigenvalue weighted by atomic mass is 14.3. The molecular formula is C42H20. The summed E-state index contributed by atoms with van der Waals surface area (Å²) in [6.07, 6.45) is 0. The Kier molecular flexibility index (Phi) is 3.18. The van der Waals surface area contributed by atoms with Crippen LogP contribution in [0.1, 0.15) is 0 Å². The Bertz CT molecular complexity index is 2800. The second-order valence-electron chi connectivity index (χ2n) is 12.3. The van der Waals surface area contributed by atoms with E-state index < -0.39 is 0 Å². The lowest BCUT2D eigenvalue weighted by molar-refractivity contribution is 1.70. The van der Waals surface area contributed by atoms with Crippen molar-refractivity contribution in [3.8, 4) is 22.3 Å². The molecule has 1 aliphatic carbocycles. The second kappa shape index (κ2) is 6.54. The molecule has 12 rings (SSSR count). The third-order valence-electron chi connectivity index (χ3n) is 10.6. The lowest BCUT2D eigenvalue weighted by atomic mass is 9.89. The summed E-state index contributed by atoms with van der Waals surface area (Å²) in [7, 11) is 0. The molecule has 0 radical (unpaired) electrons. The molecule has 0 N–H and O–H groups in total. The van der Waals surface area contributed by atoms with E-state index in [1.165, 1.54) is 119 Å². The molecule has 0 heteroatoms. The molecule has 0 saturated heterocycles. The Balaban J connectivity index is 1.28. The van der Waals surface area contributed by atoms with Crippen molar-refractivity contribution in [2.45, 2.75) is 0 Å². The van der Waals surface area contributed by atoms with Gasteiger partial charge in [0, 0.05) is 0 Å². The van der Waals surface area contributed by atoms with Gasteiger partial charge in [0.25, 0.3) is 0 Å². The summed E-state index contributed by atoms with van der Waals surface area (Å²) in [6, 6.07) is 46.4. The van der Waals surface area contributed by atoms with Crippen LogP contribution in [0.2, 0.25) is 0 Å². The molecule has 0 atom stereocenters. The first-order valence-corrected chi connectivity index (χ1v) is 14.9. The number of hydrogen-bond acceptors (Lipinski definition) is 0. The van der Waals surface area contributed by atoms with Gasteiger partial charge in [0.1, 0.15) is 0 Å². The van der Waals surface area contributed by atoms with E-state index in [2.05, 4.69) is 121 Å². The molecule has 1 aliphatic rings. The summed E-state index contributed by atoms with van der Waals surface area (Å²) >= 11 is 0. The summed E-state index contributed by atoms with van der Waals surface area (Å²) < 4.78 is 0. The van der Waals surface area contributed by atoms with Crippen LogP contribution in [0.25, 0.3) is 119 Å². The van der Waals surface area contributed by atoms with Crippen LogP contribution >= 0.6 is 0 Å². The minimum absolute atomic E-state index is 1.32. The Morgan fingerprint density at radius 3 is 1.07 bits per heavy atom. The summed E-state index contributed by atoms with van der Waals surface area (Å²) in [6.45, 7) is 0. The van der Waals surface area contributed by atoms with Crippen LogP contribution in [-0.2, 0) is 0 Å². The molecular weight excluding hydrogens is 504 g/mol. The minimum Gasteiger partial charge on any atom is -0.0616 e. The van der Waals surface area contributed by atoms with Gasteiger partial charge in [-0.1, -0.05) is 109 Å². The maximum absolute atomic E-state index is 2.50. The van der Waals surface area contributed by atoms with Crippen LogP contribution in [-0.4, -0.2) is 0 Å². The number of rotatable bonds is 0. The molecule has 0 spiro atoms. The van der Waals surface area contributed by atoms with Gasteiger partial charge in [0.15, 0.2) is 0 Å². The van der Waals surface area contributed by atoms with Crippen LogP contribution in [0, 0.1) is 0 Å². The average molecular weight is 525 g/mol. The third-order valence-corrected chi connectivity index (χ3v) is 10.6. The Morgan fingerprint density at radius 1 is 0.214 bits per heavy atom. The maximum atomic E-state index is 2.50. The topological polar surface area (TPSA) is 0 Å². The molecule has 0 fully saturated rings. The second-order valence-corrected chi connectivity index (χ2v) is 12.3. The summed E-state index contributed by atoms with van der Waals surface area (Å²) in [4.78, 5) is 0. The fraction of sp³-hybridized carbons (Fsp3) is 0. The first-order chi connectivity index (χ1) is 20.8. The molecule has 0 saturated carbocycles. The zero-order valence-corrected chi connectivity index (χ0v) is 22.5. The van der Waals surface area contributed by atoms with E-state index >= 15 is 0 Å². The normalized spacial score (nSPS) is 13.2. The van der Waals surface area contributed by atoms with Gasteiger partial charge in [-0.25, -0.2) is 0 Å². The van der Waals surface area contributed by atoms with Crippen LogP contribution in [0.4, 0.5) is 0 Å². The standard InChI is InChI=1S/C42H20/c1-2-8-23-22(7-1)26-11-15-30-34-19-36-32-17-13-28-24-9-3-5-21-6-4-10-25(38(21)24)29-14-18-33(42(32)40(28)29)37(36)20-35(34)31-16-12-27(23)39(26)41(30)31/h1-20H. The van der Waals surface area contributed by atoms with Crippen molar-refractivity contribution in [3.05, 3.63) is 121 Å². The van der Waals surface area contributed by atoms with E-state index in [9.17, 15) is 0 Å². The van der Waals surface area contributed by atoms with Gasteiger partial charge in [-0.3, -0.25) is 0 Å². The van der Waals surface area contributed by atoms with Crippen molar-refractivity contribution in [2.75, 3.05) is 0 Å². The van der Waals surface area contributed by atoms with E-state index in [1.807, 2.05) is 0 Å². The molecule has 0 amide bonds. The van der Waals surface area contributed by atoms with Gasteiger partial charge in [-0.15, -0.1) is 0 Å². The van der Waals surface area contributed by atoms with Gasteiger partial charge in [0.05, 0.1) is 0 Å². The van der Waals surface area contributed by atoms with Crippen molar-refractivity contribution >= 4 is 97.0 Å². The largest absolute Gasteiger partial charge is 0.0616 e. The minimum atomic E-state index is 1.32. The molecule has 0 heterocycles. The fourth-order valence-electron chi connectivity index (χ4n) is 9.02. The quantitative estimate of drug-likeness (QED) is 0.137. The Hall–Kier alpha value is -5.46. The number of fused-ring (bicyclic) bond motifs is 11. The molecule has 0 bridgehead atoms. The predicted octanol–water partition coefficient (Wildman–Crippen LogP) is 12.0. The van der Waals surface area contributed by atoms with Crippen LogP contribution in [0.15, 0.2) is 121 Å². The van der Waals surface area contributed by atoms with Gasteiger partial charge in [-0.2, -0.15) is 0 Å². The van der Waals surface area contributed by atoms with Crippen LogP contribution in [0.5, 0.6) is 0 Å². The number of benzene rings is 9. The zero-order chi connectivity index (χ0) is 26.8. The summed E-state index contributed by atoms with van der Waals surface area (Å²) in [5.41, 5.74) is 5.48. The molecule has 42 heavy (non-hydrogen) atoms. The number of hydrogen-bond donors (Lipinski definition) is 0. The van der Waals surface area contributed by atoms with Crippen molar-refractivity contribution in [1.82, 2.24) is 0 Å². The Morgan fingerprint density at radius 2 is 0.595 bits per heavy atom. The molecule has 0 aliphatic heterocycles. The lowest BCUT2D eigenvalue weighted by Crippen LogP contribution is -1.86. The van der Waals surface area contributed by atoms with E-state index in [0.29, 0.717) is 0 Å². The van der Waals surface area contributed by atoms with Crippen molar-refractivity contribution in [3.63, 3.8) is 0 Å². The Labute approximate surface area is 240 Å². The van der Waals surface area contributed by atoms with E-state index in [1.54, 1.807) is 0 Å². The van der Waals surface area contributed by atoms with E-state index in [4.69, 9.17) is 0 Å². The van der Waals surface area contributed by atoms with Gasteiger partial charge >= 0.3 is 0 Å². The highest BCUT2D eigenvalue weighted by Gasteiger charge is 2.26. The van der Waals surface area contributed by atoms with Gasteiger partial charge in [-0.05, 0) is 131 Å². The van der Waals surface area contributed by atoms with Crippen LogP contribution in [0.3, 0.4) is 0 Å². The fourth-order valence-corrected chi connectivity index (χ4v) is 9.02. The summed E-state index contributed by atoms with van der Waals surface area (Å²) in [5, 5.41) is 24.8. The molecule has 0 nitrogen and oxygen atoms in total. The first kappa shape index (κ1) is 20.4. The van der Waals surface area contributed by atoms with Crippen molar-refractivity contribution < 1.29 is 0 Å². The van der Waals surface area contributed by atoms with Crippen LogP contribution < -0.4 is 0 Å². The highest BCUT2D eigenvalue weighted by Crippen LogP contribution is 2.54. The maximum Gasteiger partial charge on any atom is -0.00139 e. The van der Waals surface area contributed by atoms with Gasteiger partial charge in [0.2, 0.25) is 0 Å². The van der Waals surface area contributed by atoms with Crippen molar-refractivity contribution in [1.29, 1.82) is 0 Å². The SMILES string of the molecule is c1ccc2c(c1)-c1ccc3c4cc5c(cc4c4ccc-2c1c34)c1ccc2c3cccc4cccc(c6ccc5c1c62)c43. The van der Waals surface area contributed by atoms with E-state index in [0.717, 1.165) is 0 Å². The smallest absolute Gasteiger partial charge is 0.00139 e.